The highest BCUT2D eigenvalue weighted by molar-refractivity contribution is 14.1. The van der Waals surface area contributed by atoms with Gasteiger partial charge in [0.1, 0.15) is 0 Å². The van der Waals surface area contributed by atoms with E-state index in [1.807, 2.05) is 0 Å². The van der Waals surface area contributed by atoms with Crippen molar-refractivity contribution >= 4 is 22.6 Å². The van der Waals surface area contributed by atoms with Gasteiger partial charge in [-0.2, -0.15) is 0 Å². The fourth-order valence-corrected chi connectivity index (χ4v) is 2.25. The van der Waals surface area contributed by atoms with Crippen LogP contribution in [0, 0.1) is 0 Å². The zero-order chi connectivity index (χ0) is 6.85. The van der Waals surface area contributed by atoms with Crippen LogP contribution < -0.4 is 0 Å². The van der Waals surface area contributed by atoms with Crippen LogP contribution in [0.3, 0.4) is 0 Å². The molecule has 1 aliphatic heterocycles. The van der Waals surface area contributed by atoms with Gasteiger partial charge in [-0.15, -0.1) is 0 Å². The van der Waals surface area contributed by atoms with Crippen molar-refractivity contribution in [1.82, 2.24) is 4.90 Å². The SMILES string of the molecule is C[C@@H]1C[C@@H](I)CCN1C. The van der Waals surface area contributed by atoms with Crippen LogP contribution in [0.5, 0.6) is 0 Å². The summed E-state index contributed by atoms with van der Waals surface area (Å²) in [6.07, 6.45) is 2.75. The second-order valence-electron chi connectivity index (χ2n) is 2.95. The molecular formula is C7H14IN. The highest BCUT2D eigenvalue weighted by Crippen LogP contribution is 2.21. The van der Waals surface area contributed by atoms with Gasteiger partial charge in [0.25, 0.3) is 0 Å². The first-order valence-corrected chi connectivity index (χ1v) is 4.79. The molecule has 0 aromatic rings. The Labute approximate surface area is 70.9 Å². The van der Waals surface area contributed by atoms with E-state index in [1.54, 1.807) is 0 Å². The van der Waals surface area contributed by atoms with Crippen molar-refractivity contribution < 1.29 is 0 Å². The van der Waals surface area contributed by atoms with Crippen LogP contribution in [-0.4, -0.2) is 28.5 Å². The maximum Gasteiger partial charge on any atom is 0.0136 e. The second-order valence-corrected chi connectivity index (χ2v) is 4.71. The molecule has 1 saturated heterocycles. The van der Waals surface area contributed by atoms with Gasteiger partial charge in [-0.25, -0.2) is 0 Å². The lowest BCUT2D eigenvalue weighted by Gasteiger charge is -2.32. The van der Waals surface area contributed by atoms with Crippen LogP contribution in [0.1, 0.15) is 19.8 Å². The van der Waals surface area contributed by atoms with E-state index in [1.165, 1.54) is 19.4 Å². The van der Waals surface area contributed by atoms with E-state index in [0.29, 0.717) is 0 Å². The molecule has 2 atom stereocenters. The Morgan fingerprint density at radius 1 is 1.56 bits per heavy atom. The van der Waals surface area contributed by atoms with Crippen molar-refractivity contribution in [2.45, 2.75) is 29.7 Å². The summed E-state index contributed by atoms with van der Waals surface area (Å²) in [5.74, 6) is 0. The monoisotopic (exact) mass is 239 g/mol. The molecule has 0 unspecified atom stereocenters. The minimum absolute atomic E-state index is 0.806. The number of alkyl halides is 1. The molecule has 0 aromatic carbocycles. The molecule has 1 fully saturated rings. The van der Waals surface area contributed by atoms with E-state index >= 15 is 0 Å². The average Bonchev–Trinajstić information content (AvgIpc) is 1.80. The maximum absolute atomic E-state index is 2.56. The van der Waals surface area contributed by atoms with Gasteiger partial charge < -0.3 is 4.90 Å². The van der Waals surface area contributed by atoms with Crippen LogP contribution in [0.2, 0.25) is 0 Å². The molecule has 1 aliphatic rings. The third-order valence-electron chi connectivity index (χ3n) is 2.14. The van der Waals surface area contributed by atoms with Gasteiger partial charge in [0.05, 0.1) is 0 Å². The number of nitrogens with zero attached hydrogens (tertiary/aromatic N) is 1. The van der Waals surface area contributed by atoms with Gasteiger partial charge in [-0.1, -0.05) is 22.6 Å². The first-order chi connectivity index (χ1) is 4.20. The Balaban J connectivity index is 2.35. The van der Waals surface area contributed by atoms with Crippen molar-refractivity contribution in [2.24, 2.45) is 0 Å². The maximum atomic E-state index is 2.56. The summed E-state index contributed by atoms with van der Waals surface area (Å²) in [7, 11) is 2.22. The van der Waals surface area contributed by atoms with Crippen LogP contribution in [0.15, 0.2) is 0 Å². The van der Waals surface area contributed by atoms with E-state index < -0.39 is 0 Å². The molecule has 1 rings (SSSR count). The lowest BCUT2D eigenvalue weighted by molar-refractivity contribution is 0.208. The first-order valence-electron chi connectivity index (χ1n) is 3.54. The Hall–Kier alpha value is 0.690. The molecule has 54 valence electrons. The summed E-state index contributed by atoms with van der Waals surface area (Å²) in [4.78, 5) is 2.44. The molecule has 0 spiro atoms. The zero-order valence-corrected chi connectivity index (χ0v) is 8.26. The predicted octanol–water partition coefficient (Wildman–Crippen LogP) is 1.90. The topological polar surface area (TPSA) is 3.24 Å². The minimum atomic E-state index is 0.806. The number of halogens is 1. The molecule has 9 heavy (non-hydrogen) atoms. The molecule has 0 aromatic heterocycles. The number of hydrogen-bond donors (Lipinski definition) is 0. The fourth-order valence-electron chi connectivity index (χ4n) is 1.23. The van der Waals surface area contributed by atoms with Gasteiger partial charge in [0.2, 0.25) is 0 Å². The third-order valence-corrected chi connectivity index (χ3v) is 3.28. The van der Waals surface area contributed by atoms with Crippen molar-refractivity contribution in [3.8, 4) is 0 Å². The molecular weight excluding hydrogens is 225 g/mol. The smallest absolute Gasteiger partial charge is 0.0136 e. The predicted molar refractivity (Wildman–Crippen MR) is 49.1 cm³/mol. The Bertz CT molecular complexity index is 94.9. The average molecular weight is 239 g/mol. The van der Waals surface area contributed by atoms with Crippen molar-refractivity contribution in [1.29, 1.82) is 0 Å². The zero-order valence-electron chi connectivity index (χ0n) is 6.10. The van der Waals surface area contributed by atoms with Crippen molar-refractivity contribution in [3.05, 3.63) is 0 Å². The van der Waals surface area contributed by atoms with E-state index in [9.17, 15) is 0 Å². The molecule has 0 bridgehead atoms. The van der Waals surface area contributed by atoms with E-state index in [2.05, 4.69) is 41.5 Å². The Kier molecular flexibility index (Phi) is 2.76. The number of likely N-dealkylation sites (tertiary alicyclic amines) is 1. The Morgan fingerprint density at radius 2 is 2.22 bits per heavy atom. The summed E-state index contributed by atoms with van der Waals surface area (Å²) in [5.41, 5.74) is 0. The van der Waals surface area contributed by atoms with Crippen molar-refractivity contribution in [3.63, 3.8) is 0 Å². The van der Waals surface area contributed by atoms with Gasteiger partial charge in [0, 0.05) is 9.97 Å². The van der Waals surface area contributed by atoms with Crippen LogP contribution >= 0.6 is 22.6 Å². The summed E-state index contributed by atoms with van der Waals surface area (Å²) < 4.78 is 0.925. The largest absolute Gasteiger partial charge is 0.304 e. The third kappa shape index (κ3) is 2.08. The fraction of sp³-hybridized carbons (Fsp3) is 1.00. The highest BCUT2D eigenvalue weighted by Gasteiger charge is 2.19. The summed E-state index contributed by atoms with van der Waals surface area (Å²) in [5, 5.41) is 0. The standard InChI is InChI=1S/C7H14IN/c1-6-5-7(8)3-4-9(6)2/h6-7H,3-5H2,1-2H3/t6-,7+/m1/s1. The van der Waals surface area contributed by atoms with E-state index in [4.69, 9.17) is 0 Å². The van der Waals surface area contributed by atoms with Crippen LogP contribution in [-0.2, 0) is 0 Å². The lowest BCUT2D eigenvalue weighted by Crippen LogP contribution is -2.37. The lowest BCUT2D eigenvalue weighted by atomic mass is 10.1. The molecule has 0 aliphatic carbocycles. The van der Waals surface area contributed by atoms with Gasteiger partial charge in [0.15, 0.2) is 0 Å². The number of rotatable bonds is 0. The summed E-state index contributed by atoms with van der Waals surface area (Å²) in [6.45, 7) is 3.60. The van der Waals surface area contributed by atoms with Gasteiger partial charge in [-0.3, -0.25) is 0 Å². The van der Waals surface area contributed by atoms with Gasteiger partial charge >= 0.3 is 0 Å². The van der Waals surface area contributed by atoms with E-state index in [-0.39, 0.29) is 0 Å². The Morgan fingerprint density at radius 3 is 2.67 bits per heavy atom. The molecule has 1 nitrogen and oxygen atoms in total. The van der Waals surface area contributed by atoms with Crippen molar-refractivity contribution in [2.75, 3.05) is 13.6 Å². The van der Waals surface area contributed by atoms with Crippen LogP contribution in [0.4, 0.5) is 0 Å². The molecule has 1 heterocycles. The van der Waals surface area contributed by atoms with Gasteiger partial charge in [-0.05, 0) is 33.4 Å². The summed E-state index contributed by atoms with van der Waals surface area (Å²) >= 11 is 2.56. The summed E-state index contributed by atoms with van der Waals surface area (Å²) in [6, 6.07) is 0.806. The highest BCUT2D eigenvalue weighted by atomic mass is 127. The quantitative estimate of drug-likeness (QED) is 0.461. The first kappa shape index (κ1) is 7.79. The minimum Gasteiger partial charge on any atom is -0.304 e. The van der Waals surface area contributed by atoms with E-state index in [0.717, 1.165) is 9.97 Å². The number of piperidine rings is 1. The molecule has 0 saturated carbocycles. The number of hydrogen-bond acceptors (Lipinski definition) is 1. The molecule has 0 amide bonds. The molecule has 0 radical (unpaired) electrons. The molecule has 2 heteroatoms. The second kappa shape index (κ2) is 3.19. The molecule has 0 N–H and O–H groups in total. The van der Waals surface area contributed by atoms with Crippen LogP contribution in [0.25, 0.3) is 0 Å². The normalized spacial score (nSPS) is 39.0.